The zero-order valence-electron chi connectivity index (χ0n) is 23.7. The molecule has 0 radical (unpaired) electrons. The number of aromatic amines is 1. The third-order valence-electron chi connectivity index (χ3n) is 7.75. The second-order valence-electron chi connectivity index (χ2n) is 11.0. The highest BCUT2D eigenvalue weighted by atomic mass is 16.3. The molecule has 3 rings (SSSR count). The van der Waals surface area contributed by atoms with Crippen molar-refractivity contribution in [3.63, 3.8) is 0 Å². The van der Waals surface area contributed by atoms with Crippen molar-refractivity contribution in [3.05, 3.63) is 41.5 Å². The first kappa shape index (κ1) is 29.2. The lowest BCUT2D eigenvalue weighted by molar-refractivity contribution is 0.467. The van der Waals surface area contributed by atoms with Crippen molar-refractivity contribution >= 4 is 11.0 Å². The number of nitrogens with zero attached hydrogens (tertiary/aromatic N) is 2. The Hall–Kier alpha value is -2.36. The van der Waals surface area contributed by atoms with Crippen molar-refractivity contribution < 1.29 is 5.11 Å². The summed E-state index contributed by atoms with van der Waals surface area (Å²) in [6, 6.07) is 10.5. The molecule has 0 aliphatic rings. The van der Waals surface area contributed by atoms with Gasteiger partial charge in [-0.1, -0.05) is 128 Å². The van der Waals surface area contributed by atoms with E-state index in [1.54, 1.807) is 0 Å². The fourth-order valence-electron chi connectivity index (χ4n) is 5.48. The highest BCUT2D eigenvalue weighted by Gasteiger charge is 2.16. The fraction of sp³-hybridized carbons (Fsp3) is 0.636. The predicted molar refractivity (Wildman–Crippen MR) is 158 cm³/mol. The van der Waals surface area contributed by atoms with Crippen molar-refractivity contribution in [2.24, 2.45) is 0 Å². The summed E-state index contributed by atoms with van der Waals surface area (Å²) >= 11 is 0. The van der Waals surface area contributed by atoms with E-state index in [1.165, 1.54) is 108 Å². The highest BCUT2D eigenvalue weighted by Crippen LogP contribution is 2.37. The zero-order chi connectivity index (χ0) is 26.1. The Morgan fingerprint density at radius 1 is 0.622 bits per heavy atom. The molecular formula is C33H51N3O. The third-order valence-corrected chi connectivity index (χ3v) is 7.75. The molecule has 37 heavy (non-hydrogen) atoms. The molecular weight excluding hydrogens is 454 g/mol. The molecule has 204 valence electrons. The number of unbranched alkanes of at least 4 members (excludes halogenated alkanes) is 15. The molecule has 0 amide bonds. The topological polar surface area (TPSA) is 61.8 Å². The van der Waals surface area contributed by atoms with Crippen molar-refractivity contribution in [1.82, 2.24) is 15.4 Å². The lowest BCUT2D eigenvalue weighted by Gasteiger charge is -2.14. The summed E-state index contributed by atoms with van der Waals surface area (Å²) in [5, 5.41) is 22.7. The summed E-state index contributed by atoms with van der Waals surface area (Å²) in [5.74, 6) is 0.426. The molecule has 0 aliphatic carbocycles. The molecule has 0 bridgehead atoms. The van der Waals surface area contributed by atoms with E-state index >= 15 is 0 Å². The predicted octanol–water partition coefficient (Wildman–Crippen LogP) is 10.1. The van der Waals surface area contributed by atoms with E-state index in [4.69, 9.17) is 0 Å². The van der Waals surface area contributed by atoms with Gasteiger partial charge in [-0.15, -0.1) is 0 Å². The molecule has 0 saturated carbocycles. The van der Waals surface area contributed by atoms with Crippen LogP contribution in [0.1, 0.15) is 134 Å². The van der Waals surface area contributed by atoms with Gasteiger partial charge in [0.1, 0.15) is 16.8 Å². The van der Waals surface area contributed by atoms with Crippen LogP contribution in [-0.4, -0.2) is 20.5 Å². The van der Waals surface area contributed by atoms with Gasteiger partial charge in [-0.3, -0.25) is 0 Å². The van der Waals surface area contributed by atoms with Crippen LogP contribution in [0.25, 0.3) is 22.2 Å². The molecule has 0 saturated heterocycles. The number of benzene rings is 2. The van der Waals surface area contributed by atoms with Gasteiger partial charge >= 0.3 is 0 Å². The van der Waals surface area contributed by atoms with E-state index in [2.05, 4.69) is 47.5 Å². The Labute approximate surface area is 225 Å². The largest absolute Gasteiger partial charge is 0.507 e. The van der Waals surface area contributed by atoms with Gasteiger partial charge in [0, 0.05) is 11.1 Å². The van der Waals surface area contributed by atoms with Crippen LogP contribution in [0.4, 0.5) is 0 Å². The van der Waals surface area contributed by atoms with Crippen LogP contribution < -0.4 is 0 Å². The maximum Gasteiger partial charge on any atom is 0.126 e. The molecule has 1 heterocycles. The van der Waals surface area contributed by atoms with Crippen LogP contribution >= 0.6 is 0 Å². The van der Waals surface area contributed by atoms with Gasteiger partial charge < -0.3 is 5.11 Å². The maximum absolute atomic E-state index is 11.3. The number of hydrogen-bond acceptors (Lipinski definition) is 3. The van der Waals surface area contributed by atoms with Crippen LogP contribution in [0.3, 0.4) is 0 Å². The average Bonchev–Trinajstić information content (AvgIpc) is 3.40. The molecule has 2 N–H and O–H groups in total. The Bertz CT molecular complexity index is 1030. The lowest BCUT2D eigenvalue weighted by atomic mass is 9.92. The molecule has 2 aromatic carbocycles. The van der Waals surface area contributed by atoms with Crippen LogP contribution in [0.2, 0.25) is 0 Å². The Morgan fingerprint density at radius 2 is 1.19 bits per heavy atom. The highest BCUT2D eigenvalue weighted by molar-refractivity contribution is 5.93. The number of aryl methyl sites for hydroxylation is 2. The number of rotatable bonds is 20. The number of phenols is 1. The van der Waals surface area contributed by atoms with Crippen molar-refractivity contribution in [2.45, 2.75) is 136 Å². The summed E-state index contributed by atoms with van der Waals surface area (Å²) < 4.78 is 0. The number of aromatic hydroxyl groups is 1. The van der Waals surface area contributed by atoms with Gasteiger partial charge in [0.2, 0.25) is 0 Å². The second-order valence-corrected chi connectivity index (χ2v) is 11.0. The fourth-order valence-corrected chi connectivity index (χ4v) is 5.48. The molecule has 0 spiro atoms. The molecule has 0 fully saturated rings. The number of fused-ring (bicyclic) bond motifs is 1. The summed E-state index contributed by atoms with van der Waals surface area (Å²) in [6.07, 6.45) is 24.5. The van der Waals surface area contributed by atoms with Crippen molar-refractivity contribution in [2.75, 3.05) is 0 Å². The van der Waals surface area contributed by atoms with E-state index in [1.807, 2.05) is 12.1 Å². The van der Waals surface area contributed by atoms with Crippen LogP contribution in [0.15, 0.2) is 30.3 Å². The SMILES string of the molecule is CCCCCCCCCCCc1cc(CCCCCCCCCC)cc(-c2cccc3n[nH]nc23)c1O. The second kappa shape index (κ2) is 17.2. The van der Waals surface area contributed by atoms with Gasteiger partial charge in [0.05, 0.1) is 0 Å². The molecule has 4 heteroatoms. The Balaban J connectivity index is 1.61. The molecule has 0 unspecified atom stereocenters. The number of nitrogens with one attached hydrogen (secondary N) is 1. The molecule has 3 aromatic rings. The van der Waals surface area contributed by atoms with E-state index in [9.17, 15) is 5.11 Å². The summed E-state index contributed by atoms with van der Waals surface area (Å²) in [6.45, 7) is 4.55. The summed E-state index contributed by atoms with van der Waals surface area (Å²) in [5.41, 5.74) is 5.97. The summed E-state index contributed by atoms with van der Waals surface area (Å²) in [7, 11) is 0. The quantitative estimate of drug-likeness (QED) is 0.150. The van der Waals surface area contributed by atoms with Crippen LogP contribution in [-0.2, 0) is 12.8 Å². The number of para-hydroxylation sites is 1. The van der Waals surface area contributed by atoms with Gasteiger partial charge in [-0.2, -0.15) is 15.4 Å². The Kier molecular flexibility index (Phi) is 13.6. The first-order valence-corrected chi connectivity index (χ1v) is 15.4. The monoisotopic (exact) mass is 505 g/mol. The van der Waals surface area contributed by atoms with Crippen LogP contribution in [0.5, 0.6) is 5.75 Å². The van der Waals surface area contributed by atoms with Gasteiger partial charge in [-0.05, 0) is 48.9 Å². The third kappa shape index (κ3) is 9.79. The molecule has 1 aromatic heterocycles. The standard InChI is InChI=1S/C33H51N3O/c1-3-5-7-9-11-13-15-17-19-22-28-25-27(21-18-16-14-12-10-8-6-4-2)26-30(33(28)37)29-23-20-24-31-32(29)35-36-34-31/h20,23-26,37H,3-19,21-22H2,1-2H3,(H,34,35,36). The first-order valence-electron chi connectivity index (χ1n) is 15.4. The van der Waals surface area contributed by atoms with Gasteiger partial charge in [-0.25, -0.2) is 0 Å². The maximum atomic E-state index is 11.3. The van der Waals surface area contributed by atoms with E-state index in [0.29, 0.717) is 5.75 Å². The lowest BCUT2D eigenvalue weighted by Crippen LogP contribution is -1.96. The number of aromatic nitrogens is 3. The zero-order valence-corrected chi connectivity index (χ0v) is 23.7. The van der Waals surface area contributed by atoms with E-state index in [-0.39, 0.29) is 0 Å². The van der Waals surface area contributed by atoms with Gasteiger partial charge in [0.15, 0.2) is 0 Å². The number of hydrogen-bond donors (Lipinski definition) is 2. The van der Waals surface area contributed by atoms with Gasteiger partial charge in [0.25, 0.3) is 0 Å². The Morgan fingerprint density at radius 3 is 1.81 bits per heavy atom. The molecule has 4 nitrogen and oxygen atoms in total. The van der Waals surface area contributed by atoms with Crippen LogP contribution in [0, 0.1) is 0 Å². The minimum atomic E-state index is 0.426. The van der Waals surface area contributed by atoms with Crippen molar-refractivity contribution in [3.8, 4) is 16.9 Å². The average molecular weight is 506 g/mol. The number of H-pyrrole nitrogens is 1. The minimum Gasteiger partial charge on any atom is -0.507 e. The smallest absolute Gasteiger partial charge is 0.126 e. The number of phenolic OH excluding ortho intramolecular Hbond substituents is 1. The molecule has 0 aliphatic heterocycles. The normalized spacial score (nSPS) is 11.5. The molecule has 0 atom stereocenters. The minimum absolute atomic E-state index is 0.426. The summed E-state index contributed by atoms with van der Waals surface area (Å²) in [4.78, 5) is 0. The van der Waals surface area contributed by atoms with E-state index < -0.39 is 0 Å². The van der Waals surface area contributed by atoms with Crippen molar-refractivity contribution in [1.29, 1.82) is 0 Å². The first-order chi connectivity index (χ1) is 18.2. The van der Waals surface area contributed by atoms with E-state index in [0.717, 1.165) is 47.0 Å².